The third-order valence-electron chi connectivity index (χ3n) is 5.14. The number of nitrogens with zero attached hydrogens (tertiary/aromatic N) is 5. The summed E-state index contributed by atoms with van der Waals surface area (Å²) in [4.78, 5) is 24.8. The van der Waals surface area contributed by atoms with Crippen LogP contribution in [0.4, 0.5) is 5.82 Å². The van der Waals surface area contributed by atoms with E-state index in [1.54, 1.807) is 27.7 Å². The Bertz CT molecular complexity index is 1170. The molecule has 0 aliphatic carbocycles. The Labute approximate surface area is 199 Å². The van der Waals surface area contributed by atoms with Crippen LogP contribution in [0.2, 0.25) is 0 Å². The summed E-state index contributed by atoms with van der Waals surface area (Å²) in [6, 6.07) is -0.670. The number of fused-ring (bicyclic) bond motifs is 1. The molecule has 5 unspecified atom stereocenters. The Hall–Kier alpha value is -2.46. The predicted octanol–water partition coefficient (Wildman–Crippen LogP) is -1.66. The molecule has 2 aromatic rings. The second kappa shape index (κ2) is 10.3. The van der Waals surface area contributed by atoms with Crippen LogP contribution in [-0.2, 0) is 25.9 Å². The summed E-state index contributed by atoms with van der Waals surface area (Å²) in [5.41, 5.74) is 5.06. The minimum Gasteiger partial charge on any atom is -0.479 e. The first kappa shape index (κ1) is 27.1. The third kappa shape index (κ3) is 5.38. The molecule has 35 heavy (non-hydrogen) atoms. The van der Waals surface area contributed by atoms with Crippen molar-refractivity contribution in [3.05, 3.63) is 10.4 Å². The van der Waals surface area contributed by atoms with Gasteiger partial charge in [0.15, 0.2) is 23.1 Å². The normalized spacial score (nSPS) is 24.0. The van der Waals surface area contributed by atoms with Gasteiger partial charge in [0.05, 0.1) is 6.61 Å². The lowest BCUT2D eigenvalue weighted by Crippen LogP contribution is -2.43. The van der Waals surface area contributed by atoms with Crippen LogP contribution in [0.1, 0.15) is 33.9 Å². The molecule has 0 radical (unpaired) electrons. The lowest BCUT2D eigenvalue weighted by atomic mass is 10.1. The Morgan fingerprint density at radius 3 is 2.37 bits per heavy atom. The molecule has 2 aromatic heterocycles. The summed E-state index contributed by atoms with van der Waals surface area (Å²) in [5, 5.41) is 47.7. The van der Waals surface area contributed by atoms with Gasteiger partial charge in [-0.15, -0.1) is 5.10 Å². The Balaban J connectivity index is 1.83. The SMILES string of the molecule is CC(C)NP(=O)(NC(C)C)C(OCC1OC(n2nnc3c(N)nn(C)c3c2=O)C(O)C1O)C(=O)O. The maximum absolute atomic E-state index is 13.5. The number of nitrogen functional groups attached to an aromatic ring is 1. The van der Waals surface area contributed by atoms with Crippen molar-refractivity contribution >= 4 is 30.3 Å². The van der Waals surface area contributed by atoms with E-state index in [2.05, 4.69) is 25.6 Å². The number of nitrogens with two attached hydrogens (primary N) is 1. The number of aliphatic hydroxyl groups is 2. The number of hydrogen-bond donors (Lipinski definition) is 6. The minimum atomic E-state index is -3.82. The van der Waals surface area contributed by atoms with Crippen LogP contribution in [0.5, 0.6) is 0 Å². The second-order valence-corrected chi connectivity index (χ2v) is 11.1. The molecule has 1 saturated heterocycles. The number of nitrogens with one attached hydrogen (secondary N) is 2. The summed E-state index contributed by atoms with van der Waals surface area (Å²) < 4.78 is 26.4. The van der Waals surface area contributed by atoms with Crippen molar-refractivity contribution < 1.29 is 34.2 Å². The number of aromatic nitrogens is 5. The predicted molar refractivity (Wildman–Crippen MR) is 122 cm³/mol. The highest BCUT2D eigenvalue weighted by Gasteiger charge is 2.47. The van der Waals surface area contributed by atoms with Crippen LogP contribution in [0.3, 0.4) is 0 Å². The molecular formula is C18H31N8O8P. The summed E-state index contributed by atoms with van der Waals surface area (Å²) in [6.45, 7) is 6.24. The molecule has 1 aliphatic heterocycles. The number of anilines is 1. The van der Waals surface area contributed by atoms with E-state index >= 15 is 0 Å². The van der Waals surface area contributed by atoms with Gasteiger partial charge in [0, 0.05) is 19.1 Å². The number of hydrogen-bond acceptors (Lipinski definition) is 11. The summed E-state index contributed by atoms with van der Waals surface area (Å²) in [5.74, 6) is -3.33. The molecular weight excluding hydrogens is 487 g/mol. The Kier molecular flexibility index (Phi) is 7.96. The standard InChI is InChI=1S/C18H31N8O8P/c1-7(2)22-35(32,23-8(3)4)18(17(30)31)33-6-9-12(27)13(28)16(34-9)26-15(29)11-10(20-24-26)14(19)21-25(11)5/h7-9,12-13,16,18,27-28H,6H2,1-5H3,(H2,19,21)(H,30,31)(H2,22,23,32). The maximum atomic E-state index is 13.5. The first-order valence-corrected chi connectivity index (χ1v) is 12.6. The van der Waals surface area contributed by atoms with Gasteiger partial charge in [-0.2, -0.15) is 9.78 Å². The zero-order chi connectivity index (χ0) is 26.2. The number of rotatable bonds is 10. The van der Waals surface area contributed by atoms with Crippen LogP contribution < -0.4 is 21.5 Å². The number of ether oxygens (including phenoxy) is 2. The average molecular weight is 518 g/mol. The van der Waals surface area contributed by atoms with E-state index in [-0.39, 0.29) is 28.9 Å². The number of carbonyl (C=O) groups is 1. The van der Waals surface area contributed by atoms with Crippen molar-refractivity contribution in [2.45, 2.75) is 70.2 Å². The van der Waals surface area contributed by atoms with Gasteiger partial charge in [-0.3, -0.25) is 14.0 Å². The van der Waals surface area contributed by atoms with E-state index < -0.39 is 56.0 Å². The molecule has 7 N–H and O–H groups in total. The number of carboxylic acids is 1. The average Bonchev–Trinajstić information content (AvgIpc) is 3.17. The second-order valence-electron chi connectivity index (χ2n) is 8.84. The number of aliphatic hydroxyl groups excluding tert-OH is 2. The fourth-order valence-corrected chi connectivity index (χ4v) is 6.29. The fourth-order valence-electron chi connectivity index (χ4n) is 3.81. The molecule has 0 bridgehead atoms. The topological polar surface area (TPSA) is 229 Å². The van der Waals surface area contributed by atoms with Crippen LogP contribution in [-0.4, -0.2) is 88.9 Å². The first-order chi connectivity index (χ1) is 16.3. The molecule has 0 spiro atoms. The third-order valence-corrected chi connectivity index (χ3v) is 7.97. The molecule has 3 rings (SSSR count). The zero-order valence-electron chi connectivity index (χ0n) is 19.9. The quantitative estimate of drug-likeness (QED) is 0.194. The molecule has 1 aliphatic rings. The van der Waals surface area contributed by atoms with Crippen LogP contribution in [0, 0.1) is 0 Å². The van der Waals surface area contributed by atoms with Crippen molar-refractivity contribution in [1.82, 2.24) is 34.9 Å². The summed E-state index contributed by atoms with van der Waals surface area (Å²) in [7, 11) is -2.35. The van der Waals surface area contributed by atoms with E-state index in [1.165, 1.54) is 11.7 Å². The van der Waals surface area contributed by atoms with Crippen molar-refractivity contribution in [3.8, 4) is 0 Å². The molecule has 3 heterocycles. The highest BCUT2D eigenvalue weighted by atomic mass is 31.2. The lowest BCUT2D eigenvalue weighted by Gasteiger charge is -2.30. The van der Waals surface area contributed by atoms with Crippen LogP contribution >= 0.6 is 7.44 Å². The van der Waals surface area contributed by atoms with Gasteiger partial charge in [-0.05, 0) is 27.7 Å². The Morgan fingerprint density at radius 2 is 1.83 bits per heavy atom. The van der Waals surface area contributed by atoms with Gasteiger partial charge >= 0.3 is 5.97 Å². The smallest absolute Gasteiger partial charge is 0.343 e. The van der Waals surface area contributed by atoms with Crippen molar-refractivity contribution in [2.75, 3.05) is 12.3 Å². The fraction of sp³-hybridized carbons (Fsp3) is 0.722. The molecule has 5 atom stereocenters. The first-order valence-electron chi connectivity index (χ1n) is 10.9. The van der Waals surface area contributed by atoms with E-state index in [0.29, 0.717) is 0 Å². The number of aliphatic carboxylic acids is 1. The monoisotopic (exact) mass is 518 g/mol. The highest BCUT2D eigenvalue weighted by molar-refractivity contribution is 7.61. The molecule has 0 saturated carbocycles. The van der Waals surface area contributed by atoms with Crippen LogP contribution in [0.15, 0.2) is 4.79 Å². The van der Waals surface area contributed by atoms with Gasteiger partial charge in [0.25, 0.3) is 13.0 Å². The van der Waals surface area contributed by atoms with Gasteiger partial charge in [-0.25, -0.2) is 15.0 Å². The van der Waals surface area contributed by atoms with Crippen LogP contribution in [0.25, 0.3) is 11.0 Å². The minimum absolute atomic E-state index is 0.00685. The molecule has 0 aromatic carbocycles. The van der Waals surface area contributed by atoms with Crippen molar-refractivity contribution in [2.24, 2.45) is 7.05 Å². The van der Waals surface area contributed by atoms with E-state index in [4.69, 9.17) is 15.2 Å². The number of aryl methyl sites for hydroxylation is 1. The molecule has 196 valence electrons. The summed E-state index contributed by atoms with van der Waals surface area (Å²) in [6.07, 6.45) is -5.94. The molecule has 0 amide bonds. The van der Waals surface area contributed by atoms with Crippen molar-refractivity contribution in [3.63, 3.8) is 0 Å². The van der Waals surface area contributed by atoms with E-state index in [0.717, 1.165) is 4.68 Å². The zero-order valence-corrected chi connectivity index (χ0v) is 20.8. The van der Waals surface area contributed by atoms with E-state index in [1.807, 2.05) is 0 Å². The molecule has 17 heteroatoms. The highest BCUT2D eigenvalue weighted by Crippen LogP contribution is 2.44. The Morgan fingerprint density at radius 1 is 1.23 bits per heavy atom. The van der Waals surface area contributed by atoms with Crippen molar-refractivity contribution in [1.29, 1.82) is 0 Å². The molecule has 16 nitrogen and oxygen atoms in total. The summed E-state index contributed by atoms with van der Waals surface area (Å²) >= 11 is 0. The number of carboxylic acid groups (broad SMARTS) is 1. The lowest BCUT2D eigenvalue weighted by molar-refractivity contribution is -0.148. The molecule has 1 fully saturated rings. The van der Waals surface area contributed by atoms with Gasteiger partial charge in [-0.1, -0.05) is 5.21 Å². The van der Waals surface area contributed by atoms with E-state index in [9.17, 15) is 29.5 Å². The van der Waals surface area contributed by atoms with Gasteiger partial charge in [0.1, 0.15) is 18.3 Å². The maximum Gasteiger partial charge on any atom is 0.343 e. The largest absolute Gasteiger partial charge is 0.479 e. The van der Waals surface area contributed by atoms with Gasteiger partial charge in [0.2, 0.25) is 5.85 Å². The van der Waals surface area contributed by atoms with Gasteiger partial charge < -0.3 is 30.5 Å².